The summed E-state index contributed by atoms with van der Waals surface area (Å²) >= 11 is 6.01. The van der Waals surface area contributed by atoms with E-state index in [0.29, 0.717) is 39.7 Å². The zero-order chi connectivity index (χ0) is 18.1. The van der Waals surface area contributed by atoms with E-state index in [4.69, 9.17) is 20.8 Å². The minimum absolute atomic E-state index is 0.129. The predicted molar refractivity (Wildman–Crippen MR) is 96.5 cm³/mol. The van der Waals surface area contributed by atoms with Crippen LogP contribution in [0.5, 0.6) is 5.75 Å². The summed E-state index contributed by atoms with van der Waals surface area (Å²) in [4.78, 5) is 24.2. The fraction of sp³-hybridized carbons (Fsp3) is 0.200. The predicted octanol–water partition coefficient (Wildman–Crippen LogP) is 5.11. The molecule has 0 saturated carbocycles. The van der Waals surface area contributed by atoms with Crippen LogP contribution in [-0.4, -0.2) is 11.8 Å². The molecule has 1 heterocycles. The standard InChI is InChI=1S/C20H17ClO4/c1-4-16-19(15-7-6-14(21)10-18(15)25-16)20(23)13-5-8-17(11(2)9-13)24-12(3)22/h5-10H,4H2,1-3H3. The summed E-state index contributed by atoms with van der Waals surface area (Å²) in [5.41, 5.74) is 2.38. The molecule has 1 aromatic heterocycles. The molecular weight excluding hydrogens is 340 g/mol. The molecule has 0 spiro atoms. The van der Waals surface area contributed by atoms with Gasteiger partial charge in [-0.3, -0.25) is 9.59 Å². The van der Waals surface area contributed by atoms with E-state index in [1.807, 2.05) is 6.92 Å². The zero-order valence-electron chi connectivity index (χ0n) is 14.2. The second kappa shape index (κ2) is 6.73. The summed E-state index contributed by atoms with van der Waals surface area (Å²) in [5.74, 6) is 0.552. The summed E-state index contributed by atoms with van der Waals surface area (Å²) in [7, 11) is 0. The molecule has 0 aliphatic carbocycles. The third-order valence-electron chi connectivity index (χ3n) is 3.96. The van der Waals surface area contributed by atoms with E-state index < -0.39 is 5.97 Å². The van der Waals surface area contributed by atoms with Crippen molar-refractivity contribution in [2.75, 3.05) is 0 Å². The second-order valence-electron chi connectivity index (χ2n) is 5.80. The lowest BCUT2D eigenvalue weighted by molar-refractivity contribution is -0.131. The largest absolute Gasteiger partial charge is 0.460 e. The lowest BCUT2D eigenvalue weighted by Crippen LogP contribution is -2.06. The number of esters is 1. The fourth-order valence-corrected chi connectivity index (χ4v) is 2.99. The highest BCUT2D eigenvalue weighted by molar-refractivity contribution is 6.31. The molecule has 0 bridgehead atoms. The first-order valence-corrected chi connectivity index (χ1v) is 8.33. The normalized spacial score (nSPS) is 10.9. The highest BCUT2D eigenvalue weighted by Crippen LogP contribution is 2.31. The molecule has 0 unspecified atom stereocenters. The van der Waals surface area contributed by atoms with Crippen molar-refractivity contribution in [3.05, 3.63) is 63.9 Å². The number of ketones is 1. The summed E-state index contributed by atoms with van der Waals surface area (Å²) in [5, 5.41) is 1.30. The molecule has 0 radical (unpaired) electrons. The van der Waals surface area contributed by atoms with Gasteiger partial charge in [-0.15, -0.1) is 0 Å². The molecule has 3 rings (SSSR count). The van der Waals surface area contributed by atoms with Gasteiger partial charge in [0.05, 0.1) is 5.56 Å². The second-order valence-corrected chi connectivity index (χ2v) is 6.23. The molecule has 5 heteroatoms. The van der Waals surface area contributed by atoms with Crippen molar-refractivity contribution in [3.63, 3.8) is 0 Å². The van der Waals surface area contributed by atoms with Crippen LogP contribution in [0.3, 0.4) is 0 Å². The average molecular weight is 357 g/mol. The van der Waals surface area contributed by atoms with Crippen LogP contribution in [0.2, 0.25) is 5.02 Å². The van der Waals surface area contributed by atoms with Crippen molar-refractivity contribution in [1.82, 2.24) is 0 Å². The maximum Gasteiger partial charge on any atom is 0.308 e. The van der Waals surface area contributed by atoms with E-state index >= 15 is 0 Å². The summed E-state index contributed by atoms with van der Waals surface area (Å²) in [6.45, 7) is 5.07. The maximum atomic E-state index is 13.1. The Balaban J connectivity index is 2.08. The molecule has 0 amide bonds. The number of furan rings is 1. The number of carbonyl (C=O) groups is 2. The Hall–Kier alpha value is -2.59. The molecular formula is C20H17ClO4. The van der Waals surface area contributed by atoms with E-state index in [-0.39, 0.29) is 5.78 Å². The Morgan fingerprint density at radius 2 is 1.92 bits per heavy atom. The maximum absolute atomic E-state index is 13.1. The first-order chi connectivity index (χ1) is 11.9. The van der Waals surface area contributed by atoms with Crippen molar-refractivity contribution in [2.24, 2.45) is 0 Å². The molecule has 4 nitrogen and oxygen atoms in total. The molecule has 0 fully saturated rings. The highest BCUT2D eigenvalue weighted by atomic mass is 35.5. The number of fused-ring (bicyclic) bond motifs is 1. The van der Waals surface area contributed by atoms with Crippen LogP contribution in [-0.2, 0) is 11.2 Å². The quantitative estimate of drug-likeness (QED) is 0.370. The van der Waals surface area contributed by atoms with Gasteiger partial charge in [-0.05, 0) is 42.8 Å². The van der Waals surface area contributed by atoms with Gasteiger partial charge in [-0.2, -0.15) is 0 Å². The van der Waals surface area contributed by atoms with E-state index in [2.05, 4.69) is 0 Å². The van der Waals surface area contributed by atoms with E-state index in [1.54, 1.807) is 43.3 Å². The minimum atomic E-state index is -0.395. The third kappa shape index (κ3) is 3.30. The Bertz CT molecular complexity index is 985. The molecule has 0 N–H and O–H groups in total. The smallest absolute Gasteiger partial charge is 0.308 e. The molecule has 25 heavy (non-hydrogen) atoms. The van der Waals surface area contributed by atoms with Gasteiger partial charge in [0.2, 0.25) is 0 Å². The Morgan fingerprint density at radius 3 is 2.56 bits per heavy atom. The first-order valence-electron chi connectivity index (χ1n) is 7.95. The van der Waals surface area contributed by atoms with E-state index in [9.17, 15) is 9.59 Å². The van der Waals surface area contributed by atoms with Gasteiger partial charge in [0.1, 0.15) is 17.1 Å². The van der Waals surface area contributed by atoms with E-state index in [0.717, 1.165) is 10.9 Å². The minimum Gasteiger partial charge on any atom is -0.460 e. The number of halogens is 1. The van der Waals surface area contributed by atoms with Crippen molar-refractivity contribution < 1.29 is 18.7 Å². The number of ether oxygens (including phenoxy) is 1. The van der Waals surface area contributed by atoms with Gasteiger partial charge >= 0.3 is 5.97 Å². The number of rotatable bonds is 4. The monoisotopic (exact) mass is 356 g/mol. The molecule has 0 saturated heterocycles. The van der Waals surface area contributed by atoms with Crippen molar-refractivity contribution in [3.8, 4) is 5.75 Å². The van der Waals surface area contributed by atoms with Gasteiger partial charge in [0, 0.05) is 35.4 Å². The SMILES string of the molecule is CCc1oc2cc(Cl)ccc2c1C(=O)c1ccc(OC(C)=O)c(C)c1. The number of benzene rings is 2. The Kier molecular flexibility index (Phi) is 4.64. The number of aryl methyl sites for hydroxylation is 2. The van der Waals surface area contributed by atoms with Crippen LogP contribution in [0.1, 0.15) is 41.1 Å². The van der Waals surface area contributed by atoms with Crippen LogP contribution in [0, 0.1) is 6.92 Å². The van der Waals surface area contributed by atoms with E-state index in [1.165, 1.54) is 6.92 Å². The average Bonchev–Trinajstić information content (AvgIpc) is 2.93. The zero-order valence-corrected chi connectivity index (χ0v) is 14.9. The first kappa shape index (κ1) is 17.2. The summed E-state index contributed by atoms with van der Waals surface area (Å²) < 4.78 is 10.9. The highest BCUT2D eigenvalue weighted by Gasteiger charge is 2.22. The van der Waals surface area contributed by atoms with Gasteiger partial charge in [-0.25, -0.2) is 0 Å². The molecule has 2 aromatic carbocycles. The van der Waals surface area contributed by atoms with Crippen LogP contribution in [0.25, 0.3) is 11.0 Å². The Morgan fingerprint density at radius 1 is 1.16 bits per heavy atom. The lowest BCUT2D eigenvalue weighted by Gasteiger charge is -2.08. The Labute approximate surface area is 150 Å². The van der Waals surface area contributed by atoms with Crippen LogP contribution >= 0.6 is 11.6 Å². The number of hydrogen-bond acceptors (Lipinski definition) is 4. The fourth-order valence-electron chi connectivity index (χ4n) is 2.82. The van der Waals surface area contributed by atoms with Gasteiger partial charge in [0.15, 0.2) is 5.78 Å². The topological polar surface area (TPSA) is 56.5 Å². The van der Waals surface area contributed by atoms with Crippen molar-refractivity contribution >= 4 is 34.3 Å². The summed E-state index contributed by atoms with van der Waals surface area (Å²) in [6.07, 6.45) is 0.595. The lowest BCUT2D eigenvalue weighted by atomic mass is 9.98. The van der Waals surface area contributed by atoms with Crippen molar-refractivity contribution in [1.29, 1.82) is 0 Å². The molecule has 0 aliphatic rings. The third-order valence-corrected chi connectivity index (χ3v) is 4.20. The molecule has 128 valence electrons. The van der Waals surface area contributed by atoms with Crippen LogP contribution in [0.4, 0.5) is 0 Å². The van der Waals surface area contributed by atoms with Gasteiger partial charge in [0.25, 0.3) is 0 Å². The van der Waals surface area contributed by atoms with Crippen molar-refractivity contribution in [2.45, 2.75) is 27.2 Å². The summed E-state index contributed by atoms with van der Waals surface area (Å²) in [6, 6.07) is 10.3. The molecule has 0 atom stereocenters. The van der Waals surface area contributed by atoms with Crippen LogP contribution < -0.4 is 4.74 Å². The number of hydrogen-bond donors (Lipinski definition) is 0. The molecule has 3 aromatic rings. The van der Waals surface area contributed by atoms with Gasteiger partial charge < -0.3 is 9.15 Å². The molecule has 0 aliphatic heterocycles. The van der Waals surface area contributed by atoms with Crippen LogP contribution in [0.15, 0.2) is 40.8 Å². The van der Waals surface area contributed by atoms with Gasteiger partial charge in [-0.1, -0.05) is 18.5 Å². The number of carbonyl (C=O) groups excluding carboxylic acids is 2.